The Kier molecular flexibility index (Phi) is 4.20. The van der Waals surface area contributed by atoms with Gasteiger partial charge in [-0.05, 0) is 37.6 Å². The first-order valence-electron chi connectivity index (χ1n) is 7.44. The van der Waals surface area contributed by atoms with Gasteiger partial charge >= 0.3 is 5.97 Å². The van der Waals surface area contributed by atoms with Crippen LogP contribution >= 0.6 is 0 Å². The number of hydrogen-bond donors (Lipinski definition) is 0. The van der Waals surface area contributed by atoms with Crippen molar-refractivity contribution in [1.82, 2.24) is 4.98 Å². The van der Waals surface area contributed by atoms with Crippen LogP contribution in [0.5, 0.6) is 5.88 Å². The molecular formula is C20H17NO2. The molecule has 3 heteroatoms. The van der Waals surface area contributed by atoms with Crippen LogP contribution in [0.3, 0.4) is 0 Å². The van der Waals surface area contributed by atoms with E-state index in [1.165, 1.54) is 5.56 Å². The average molecular weight is 303 g/mol. The van der Waals surface area contributed by atoms with Crippen molar-refractivity contribution in [3.63, 3.8) is 0 Å². The highest BCUT2D eigenvalue weighted by Gasteiger charge is 2.09. The van der Waals surface area contributed by atoms with Gasteiger partial charge in [0.05, 0.1) is 5.56 Å². The summed E-state index contributed by atoms with van der Waals surface area (Å²) in [6.45, 7) is 4.02. The summed E-state index contributed by atoms with van der Waals surface area (Å²) in [5, 5.41) is 0. The largest absolute Gasteiger partial charge is 0.404 e. The third-order valence-corrected chi connectivity index (χ3v) is 3.61. The zero-order chi connectivity index (χ0) is 16.2. The summed E-state index contributed by atoms with van der Waals surface area (Å²) >= 11 is 0. The van der Waals surface area contributed by atoms with E-state index >= 15 is 0 Å². The number of carbonyl (C=O) groups excluding carboxylic acids is 1. The fraction of sp³-hybridized carbons (Fsp3) is 0.100. The number of benzene rings is 2. The fourth-order valence-electron chi connectivity index (χ4n) is 2.20. The SMILES string of the molecule is Cc1ccc(C(=O)Oc2ccc(-c3ccc(C)cc3)cn2)cc1. The normalized spacial score (nSPS) is 10.3. The molecule has 3 aromatic rings. The van der Waals surface area contributed by atoms with Crippen molar-refractivity contribution in [2.75, 3.05) is 0 Å². The zero-order valence-corrected chi connectivity index (χ0v) is 13.1. The summed E-state index contributed by atoms with van der Waals surface area (Å²) in [5.41, 5.74) is 4.90. The molecule has 0 saturated carbocycles. The minimum Gasteiger partial charge on any atom is -0.404 e. The van der Waals surface area contributed by atoms with Crippen LogP contribution in [0.25, 0.3) is 11.1 Å². The molecule has 1 aromatic heterocycles. The Hall–Kier alpha value is -2.94. The van der Waals surface area contributed by atoms with E-state index in [0.29, 0.717) is 11.4 Å². The minimum atomic E-state index is -0.402. The van der Waals surface area contributed by atoms with Crippen molar-refractivity contribution in [2.24, 2.45) is 0 Å². The molecule has 0 atom stereocenters. The molecule has 23 heavy (non-hydrogen) atoms. The van der Waals surface area contributed by atoms with Crippen molar-refractivity contribution in [3.8, 4) is 17.0 Å². The van der Waals surface area contributed by atoms with Gasteiger partial charge in [-0.15, -0.1) is 0 Å². The summed E-state index contributed by atoms with van der Waals surface area (Å²) in [6.07, 6.45) is 1.71. The highest BCUT2D eigenvalue weighted by molar-refractivity contribution is 5.90. The molecule has 0 fully saturated rings. The van der Waals surface area contributed by atoms with Crippen molar-refractivity contribution in [1.29, 1.82) is 0 Å². The molecule has 0 saturated heterocycles. The Labute approximate surface area is 135 Å². The topological polar surface area (TPSA) is 39.2 Å². The summed E-state index contributed by atoms with van der Waals surface area (Å²) in [5.74, 6) is -0.105. The Morgan fingerprint density at radius 1 is 0.783 bits per heavy atom. The molecule has 1 heterocycles. The minimum absolute atomic E-state index is 0.298. The summed E-state index contributed by atoms with van der Waals surface area (Å²) < 4.78 is 5.30. The molecule has 0 unspecified atom stereocenters. The quantitative estimate of drug-likeness (QED) is 0.665. The third-order valence-electron chi connectivity index (χ3n) is 3.61. The Morgan fingerprint density at radius 2 is 1.35 bits per heavy atom. The molecule has 3 rings (SSSR count). The third kappa shape index (κ3) is 3.64. The number of ether oxygens (including phenoxy) is 1. The van der Waals surface area contributed by atoms with Crippen LogP contribution in [0.4, 0.5) is 0 Å². The number of aryl methyl sites for hydroxylation is 2. The Bertz CT molecular complexity index is 804. The molecule has 0 spiro atoms. The van der Waals surface area contributed by atoms with Gasteiger partial charge in [-0.2, -0.15) is 0 Å². The lowest BCUT2D eigenvalue weighted by Gasteiger charge is -2.06. The molecule has 0 radical (unpaired) electrons. The number of rotatable bonds is 3. The first-order valence-corrected chi connectivity index (χ1v) is 7.44. The molecule has 0 aliphatic heterocycles. The number of hydrogen-bond acceptors (Lipinski definition) is 3. The maximum atomic E-state index is 12.1. The van der Waals surface area contributed by atoms with Crippen LogP contribution in [0, 0.1) is 13.8 Å². The van der Waals surface area contributed by atoms with Gasteiger partial charge in [0.25, 0.3) is 0 Å². The summed E-state index contributed by atoms with van der Waals surface area (Å²) in [6, 6.07) is 19.1. The van der Waals surface area contributed by atoms with Crippen LogP contribution in [0.2, 0.25) is 0 Å². The number of pyridine rings is 1. The first-order chi connectivity index (χ1) is 11.1. The molecule has 0 aliphatic rings. The van der Waals surface area contributed by atoms with Crippen LogP contribution in [0.15, 0.2) is 66.9 Å². The zero-order valence-electron chi connectivity index (χ0n) is 13.1. The molecule has 0 amide bonds. The van der Waals surface area contributed by atoms with E-state index in [1.807, 2.05) is 37.3 Å². The predicted molar refractivity (Wildman–Crippen MR) is 90.5 cm³/mol. The van der Waals surface area contributed by atoms with Crippen molar-refractivity contribution in [3.05, 3.63) is 83.6 Å². The van der Waals surface area contributed by atoms with Gasteiger partial charge in [-0.3, -0.25) is 0 Å². The van der Waals surface area contributed by atoms with Gasteiger partial charge in [0.2, 0.25) is 5.88 Å². The smallest absolute Gasteiger partial charge is 0.344 e. The molecule has 0 bridgehead atoms. The van der Waals surface area contributed by atoms with E-state index in [2.05, 4.69) is 24.0 Å². The maximum Gasteiger partial charge on any atom is 0.344 e. The second-order valence-corrected chi connectivity index (χ2v) is 5.51. The van der Waals surface area contributed by atoms with Gasteiger partial charge in [0, 0.05) is 17.8 Å². The van der Waals surface area contributed by atoms with Crippen molar-refractivity contribution >= 4 is 5.97 Å². The first kappa shape index (κ1) is 15.0. The van der Waals surface area contributed by atoms with Gasteiger partial charge in [-0.25, -0.2) is 9.78 Å². The lowest BCUT2D eigenvalue weighted by atomic mass is 10.1. The van der Waals surface area contributed by atoms with Crippen molar-refractivity contribution < 1.29 is 9.53 Å². The van der Waals surface area contributed by atoms with Crippen LogP contribution in [-0.4, -0.2) is 11.0 Å². The molecule has 2 aromatic carbocycles. The van der Waals surface area contributed by atoms with Crippen molar-refractivity contribution in [2.45, 2.75) is 13.8 Å². The van der Waals surface area contributed by atoms with Gasteiger partial charge in [0.15, 0.2) is 0 Å². The van der Waals surface area contributed by atoms with E-state index < -0.39 is 5.97 Å². The van der Waals surface area contributed by atoms with E-state index in [0.717, 1.165) is 16.7 Å². The fourth-order valence-corrected chi connectivity index (χ4v) is 2.20. The standard InChI is InChI=1S/C20H17NO2/c1-14-3-7-16(8-4-14)18-11-12-19(21-13-18)23-20(22)17-9-5-15(2)6-10-17/h3-13H,1-2H3. The predicted octanol–water partition coefficient (Wildman–Crippen LogP) is 4.58. The van der Waals surface area contributed by atoms with Gasteiger partial charge in [0.1, 0.15) is 0 Å². The Balaban J connectivity index is 1.73. The highest BCUT2D eigenvalue weighted by atomic mass is 16.5. The van der Waals surface area contributed by atoms with Crippen LogP contribution in [0.1, 0.15) is 21.5 Å². The maximum absolute atomic E-state index is 12.1. The second kappa shape index (κ2) is 6.44. The molecular weight excluding hydrogens is 286 g/mol. The number of aromatic nitrogens is 1. The van der Waals surface area contributed by atoms with Crippen LogP contribution in [-0.2, 0) is 0 Å². The Morgan fingerprint density at radius 3 is 1.91 bits per heavy atom. The van der Waals surface area contributed by atoms with E-state index in [1.54, 1.807) is 24.4 Å². The van der Waals surface area contributed by atoms with Gasteiger partial charge < -0.3 is 4.74 Å². The lowest BCUT2D eigenvalue weighted by molar-refractivity contribution is 0.0727. The summed E-state index contributed by atoms with van der Waals surface area (Å²) in [4.78, 5) is 16.3. The number of nitrogens with zero attached hydrogens (tertiary/aromatic N) is 1. The molecule has 114 valence electrons. The average Bonchev–Trinajstić information content (AvgIpc) is 2.57. The monoisotopic (exact) mass is 303 g/mol. The van der Waals surface area contributed by atoms with E-state index in [9.17, 15) is 4.79 Å². The van der Waals surface area contributed by atoms with Gasteiger partial charge in [-0.1, -0.05) is 47.5 Å². The highest BCUT2D eigenvalue weighted by Crippen LogP contribution is 2.21. The van der Waals surface area contributed by atoms with E-state index in [-0.39, 0.29) is 0 Å². The van der Waals surface area contributed by atoms with E-state index in [4.69, 9.17) is 4.74 Å². The number of carbonyl (C=O) groups is 1. The molecule has 3 nitrogen and oxygen atoms in total. The number of esters is 1. The molecule has 0 N–H and O–H groups in total. The summed E-state index contributed by atoms with van der Waals surface area (Å²) in [7, 11) is 0. The lowest BCUT2D eigenvalue weighted by Crippen LogP contribution is -2.09. The van der Waals surface area contributed by atoms with Crippen LogP contribution < -0.4 is 4.74 Å². The second-order valence-electron chi connectivity index (χ2n) is 5.51. The molecule has 0 aliphatic carbocycles.